The highest BCUT2D eigenvalue weighted by Gasteiger charge is 2.50. The minimum Gasteiger partial charge on any atom is -0.490 e. The summed E-state index contributed by atoms with van der Waals surface area (Å²) >= 11 is 5.79. The molecule has 3 atom stereocenters. The first-order chi connectivity index (χ1) is 12.5. The highest BCUT2D eigenvalue weighted by Crippen LogP contribution is 2.36. The molecule has 6 nitrogen and oxygen atoms in total. The van der Waals surface area contributed by atoms with Crippen LogP contribution in [0.15, 0.2) is 36.4 Å². The number of fused-ring (bicyclic) bond motifs is 1. The van der Waals surface area contributed by atoms with Crippen LogP contribution in [0.1, 0.15) is 19.8 Å². The van der Waals surface area contributed by atoms with Crippen molar-refractivity contribution in [3.05, 3.63) is 41.4 Å². The standard InChI is InChI=1S/C19H20ClNO5/c1-12(21-17(22)15-4-2-3-5-16(15)18(21)23)19(24)26-11-10-25-14-8-6-13(20)7-9-14/h2-3,6-9,12,15-16H,4-5,10-11H2,1H3/t12-,15-,16+/m0/s1. The lowest BCUT2D eigenvalue weighted by atomic mass is 9.85. The maximum Gasteiger partial charge on any atom is 0.329 e. The summed E-state index contributed by atoms with van der Waals surface area (Å²) in [7, 11) is 0. The quantitative estimate of drug-likeness (QED) is 0.330. The van der Waals surface area contributed by atoms with E-state index in [4.69, 9.17) is 21.1 Å². The van der Waals surface area contributed by atoms with Crippen LogP contribution in [-0.2, 0) is 19.1 Å². The third kappa shape index (κ3) is 3.75. The molecule has 2 amide bonds. The topological polar surface area (TPSA) is 72.9 Å². The SMILES string of the molecule is C[C@@H](C(=O)OCCOc1ccc(Cl)cc1)N1C(=O)[C@H]2CC=CC[C@H]2C1=O. The number of nitrogens with zero attached hydrogens (tertiary/aromatic N) is 1. The molecule has 1 fully saturated rings. The van der Waals surface area contributed by atoms with Gasteiger partial charge in [0.15, 0.2) is 0 Å². The molecule has 0 radical (unpaired) electrons. The Kier molecular flexibility index (Phi) is 5.61. The number of rotatable bonds is 6. The Bertz CT molecular complexity index is 704. The van der Waals surface area contributed by atoms with Gasteiger partial charge in [0.2, 0.25) is 11.8 Å². The van der Waals surface area contributed by atoms with Crippen LogP contribution in [-0.4, -0.2) is 41.9 Å². The second kappa shape index (κ2) is 7.91. The van der Waals surface area contributed by atoms with Crippen molar-refractivity contribution < 1.29 is 23.9 Å². The second-order valence-corrected chi connectivity index (χ2v) is 6.78. The number of likely N-dealkylation sites (tertiary alicyclic amines) is 1. The molecule has 1 aromatic rings. The number of imide groups is 1. The molecule has 0 spiro atoms. The number of halogens is 1. The van der Waals surface area contributed by atoms with Crippen LogP contribution in [0.5, 0.6) is 5.75 Å². The molecule has 1 heterocycles. The van der Waals surface area contributed by atoms with E-state index in [0.29, 0.717) is 23.6 Å². The number of hydrogen-bond acceptors (Lipinski definition) is 5. The molecule has 0 unspecified atom stereocenters. The smallest absolute Gasteiger partial charge is 0.329 e. The van der Waals surface area contributed by atoms with Gasteiger partial charge in [0, 0.05) is 5.02 Å². The summed E-state index contributed by atoms with van der Waals surface area (Å²) in [5, 5.41) is 0.605. The molecule has 2 aliphatic rings. The molecule has 7 heteroatoms. The number of amides is 2. The van der Waals surface area contributed by atoms with E-state index in [1.807, 2.05) is 12.2 Å². The van der Waals surface area contributed by atoms with Gasteiger partial charge in [0.25, 0.3) is 0 Å². The number of ether oxygens (including phenoxy) is 2. The molecule has 138 valence electrons. The minimum atomic E-state index is -0.934. The Morgan fingerprint density at radius 2 is 1.69 bits per heavy atom. The van der Waals surface area contributed by atoms with Gasteiger partial charge >= 0.3 is 5.97 Å². The Hall–Kier alpha value is -2.34. The molecule has 3 rings (SSSR count). The zero-order valence-electron chi connectivity index (χ0n) is 14.4. The molecular weight excluding hydrogens is 358 g/mol. The predicted octanol–water partition coefficient (Wildman–Crippen LogP) is 2.60. The van der Waals surface area contributed by atoms with Gasteiger partial charge in [-0.3, -0.25) is 14.5 Å². The Morgan fingerprint density at radius 1 is 1.12 bits per heavy atom. The van der Waals surface area contributed by atoms with Crippen molar-refractivity contribution in [2.75, 3.05) is 13.2 Å². The average molecular weight is 378 g/mol. The first-order valence-electron chi connectivity index (χ1n) is 8.56. The zero-order chi connectivity index (χ0) is 18.7. The van der Waals surface area contributed by atoms with E-state index in [9.17, 15) is 14.4 Å². The van der Waals surface area contributed by atoms with Gasteiger partial charge in [-0.15, -0.1) is 0 Å². The number of benzene rings is 1. The van der Waals surface area contributed by atoms with E-state index in [1.54, 1.807) is 24.3 Å². The first-order valence-corrected chi connectivity index (χ1v) is 8.93. The molecule has 1 aliphatic carbocycles. The van der Waals surface area contributed by atoms with Crippen LogP contribution >= 0.6 is 11.6 Å². The fraction of sp³-hybridized carbons (Fsp3) is 0.421. The summed E-state index contributed by atoms with van der Waals surface area (Å²) in [5.41, 5.74) is 0. The van der Waals surface area contributed by atoms with Crippen molar-refractivity contribution in [3.63, 3.8) is 0 Å². The second-order valence-electron chi connectivity index (χ2n) is 6.35. The van der Waals surface area contributed by atoms with E-state index in [-0.39, 0.29) is 36.9 Å². The highest BCUT2D eigenvalue weighted by atomic mass is 35.5. The van der Waals surface area contributed by atoms with Crippen LogP contribution in [0.4, 0.5) is 0 Å². The summed E-state index contributed by atoms with van der Waals surface area (Å²) in [6.07, 6.45) is 4.91. The number of carbonyl (C=O) groups is 3. The van der Waals surface area contributed by atoms with Crippen LogP contribution < -0.4 is 4.74 Å². The van der Waals surface area contributed by atoms with Crippen molar-refractivity contribution in [2.24, 2.45) is 11.8 Å². The normalized spacial score (nSPS) is 22.9. The van der Waals surface area contributed by atoms with Gasteiger partial charge in [-0.25, -0.2) is 4.79 Å². The van der Waals surface area contributed by atoms with Gasteiger partial charge in [0.05, 0.1) is 11.8 Å². The van der Waals surface area contributed by atoms with Crippen molar-refractivity contribution in [1.29, 1.82) is 0 Å². The lowest BCUT2D eigenvalue weighted by Crippen LogP contribution is -2.44. The van der Waals surface area contributed by atoms with E-state index >= 15 is 0 Å². The summed E-state index contributed by atoms with van der Waals surface area (Å²) < 4.78 is 10.6. The van der Waals surface area contributed by atoms with Crippen LogP contribution in [0.3, 0.4) is 0 Å². The third-order valence-electron chi connectivity index (χ3n) is 4.68. The maximum atomic E-state index is 12.5. The number of carbonyl (C=O) groups excluding carboxylic acids is 3. The number of hydrogen-bond donors (Lipinski definition) is 0. The van der Waals surface area contributed by atoms with E-state index in [2.05, 4.69) is 0 Å². The molecule has 26 heavy (non-hydrogen) atoms. The molecular formula is C19H20ClNO5. The van der Waals surface area contributed by atoms with Crippen molar-refractivity contribution in [3.8, 4) is 5.75 Å². The Labute approximate surface area is 156 Å². The van der Waals surface area contributed by atoms with Gasteiger partial charge < -0.3 is 9.47 Å². The van der Waals surface area contributed by atoms with Crippen molar-refractivity contribution >= 4 is 29.4 Å². The van der Waals surface area contributed by atoms with Crippen molar-refractivity contribution in [1.82, 2.24) is 4.90 Å². The largest absolute Gasteiger partial charge is 0.490 e. The molecule has 1 aromatic carbocycles. The Balaban J connectivity index is 1.49. The van der Waals surface area contributed by atoms with E-state index in [0.717, 1.165) is 4.90 Å². The predicted molar refractivity (Wildman–Crippen MR) is 94.6 cm³/mol. The monoisotopic (exact) mass is 377 g/mol. The maximum absolute atomic E-state index is 12.5. The summed E-state index contributed by atoms with van der Waals surface area (Å²) in [6.45, 7) is 1.70. The van der Waals surface area contributed by atoms with Crippen LogP contribution in [0.2, 0.25) is 5.02 Å². The summed E-state index contributed by atoms with van der Waals surface area (Å²) in [4.78, 5) is 38.2. The van der Waals surface area contributed by atoms with Gasteiger partial charge in [-0.2, -0.15) is 0 Å². The van der Waals surface area contributed by atoms with E-state index in [1.165, 1.54) is 6.92 Å². The highest BCUT2D eigenvalue weighted by molar-refractivity contribution is 6.30. The van der Waals surface area contributed by atoms with Crippen LogP contribution in [0, 0.1) is 11.8 Å². The molecule has 0 aromatic heterocycles. The summed E-state index contributed by atoms with van der Waals surface area (Å²) in [5.74, 6) is -1.28. The molecule has 0 bridgehead atoms. The third-order valence-corrected chi connectivity index (χ3v) is 4.93. The number of allylic oxidation sites excluding steroid dienone is 2. The lowest BCUT2D eigenvalue weighted by Gasteiger charge is -2.21. The molecule has 1 aliphatic heterocycles. The average Bonchev–Trinajstić information content (AvgIpc) is 2.90. The molecule has 0 saturated carbocycles. The summed E-state index contributed by atoms with van der Waals surface area (Å²) in [6, 6.07) is 5.89. The minimum absolute atomic E-state index is 0.0242. The number of esters is 1. The zero-order valence-corrected chi connectivity index (χ0v) is 15.1. The van der Waals surface area contributed by atoms with Crippen molar-refractivity contribution in [2.45, 2.75) is 25.8 Å². The first kappa shape index (κ1) is 18.5. The molecule has 0 N–H and O–H groups in total. The van der Waals surface area contributed by atoms with Gasteiger partial charge in [0.1, 0.15) is 25.0 Å². The fourth-order valence-corrected chi connectivity index (χ4v) is 3.39. The fourth-order valence-electron chi connectivity index (χ4n) is 3.27. The van der Waals surface area contributed by atoms with Crippen LogP contribution in [0.25, 0.3) is 0 Å². The van der Waals surface area contributed by atoms with E-state index < -0.39 is 12.0 Å². The molecule has 1 saturated heterocycles. The lowest BCUT2D eigenvalue weighted by molar-refractivity contribution is -0.158. The van der Waals surface area contributed by atoms with Gasteiger partial charge in [-0.1, -0.05) is 23.8 Å². The Morgan fingerprint density at radius 3 is 2.27 bits per heavy atom. The van der Waals surface area contributed by atoms with Gasteiger partial charge in [-0.05, 0) is 44.0 Å².